The van der Waals surface area contributed by atoms with Gasteiger partial charge in [0.25, 0.3) is 0 Å². The van der Waals surface area contributed by atoms with Crippen LogP contribution in [-0.2, 0) is 13.2 Å². The number of ether oxygens (including phenoxy) is 1. The van der Waals surface area contributed by atoms with Gasteiger partial charge in [0.2, 0.25) is 0 Å². The van der Waals surface area contributed by atoms with Gasteiger partial charge in [0.1, 0.15) is 11.4 Å². The first-order chi connectivity index (χ1) is 7.43. The fourth-order valence-corrected chi connectivity index (χ4v) is 1.73. The normalized spacial score (nSPS) is 12.1. The molecule has 0 bridgehead atoms. The Hall–Kier alpha value is -1.65. The Bertz CT molecular complexity index is 528. The molecule has 0 amide bonds. The molecule has 0 N–H and O–H groups in total. The van der Waals surface area contributed by atoms with Crippen molar-refractivity contribution in [2.24, 2.45) is 7.05 Å². The number of benzene rings is 1. The quantitative estimate of drug-likeness (QED) is 0.732. The van der Waals surface area contributed by atoms with Gasteiger partial charge in [0, 0.05) is 18.0 Å². The predicted molar refractivity (Wildman–Crippen MR) is 54.5 cm³/mol. The Kier molecular flexibility index (Phi) is 2.33. The van der Waals surface area contributed by atoms with Gasteiger partial charge in [-0.05, 0) is 24.3 Å². The lowest BCUT2D eigenvalue weighted by Crippen LogP contribution is -2.10. The van der Waals surface area contributed by atoms with Gasteiger partial charge in [-0.2, -0.15) is 13.2 Å². The lowest BCUT2D eigenvalue weighted by Gasteiger charge is -2.07. The van der Waals surface area contributed by atoms with Crippen LogP contribution in [0.25, 0.3) is 10.9 Å². The Morgan fingerprint density at radius 2 is 1.88 bits per heavy atom. The van der Waals surface area contributed by atoms with Crippen LogP contribution in [0, 0.1) is 0 Å². The van der Waals surface area contributed by atoms with Crippen LogP contribution in [0.3, 0.4) is 0 Å². The molecule has 5 heteroatoms. The van der Waals surface area contributed by atoms with Crippen LogP contribution in [0.5, 0.6) is 5.75 Å². The third kappa shape index (κ3) is 1.62. The van der Waals surface area contributed by atoms with Gasteiger partial charge in [-0.3, -0.25) is 0 Å². The van der Waals surface area contributed by atoms with E-state index in [2.05, 4.69) is 0 Å². The van der Waals surface area contributed by atoms with Crippen LogP contribution in [0.15, 0.2) is 24.3 Å². The van der Waals surface area contributed by atoms with Gasteiger partial charge in [-0.25, -0.2) is 0 Å². The average molecular weight is 229 g/mol. The topological polar surface area (TPSA) is 14.2 Å². The molecule has 0 aliphatic rings. The molecular weight excluding hydrogens is 219 g/mol. The van der Waals surface area contributed by atoms with E-state index in [0.29, 0.717) is 16.7 Å². The molecule has 1 aromatic carbocycles. The number of aryl methyl sites for hydroxylation is 1. The molecule has 2 rings (SSSR count). The van der Waals surface area contributed by atoms with E-state index in [1.165, 1.54) is 14.2 Å². The lowest BCUT2D eigenvalue weighted by atomic mass is 10.2. The number of aromatic nitrogens is 1. The van der Waals surface area contributed by atoms with Crippen molar-refractivity contribution in [1.29, 1.82) is 0 Å². The van der Waals surface area contributed by atoms with Gasteiger partial charge in [-0.15, -0.1) is 0 Å². The highest BCUT2D eigenvalue weighted by Crippen LogP contribution is 2.34. The zero-order chi connectivity index (χ0) is 11.9. The van der Waals surface area contributed by atoms with Crippen molar-refractivity contribution in [2.45, 2.75) is 6.18 Å². The Morgan fingerprint density at radius 1 is 1.19 bits per heavy atom. The summed E-state index contributed by atoms with van der Waals surface area (Å²) in [6, 6.07) is 5.97. The lowest BCUT2D eigenvalue weighted by molar-refractivity contribution is -0.142. The molecule has 0 radical (unpaired) electrons. The van der Waals surface area contributed by atoms with Crippen molar-refractivity contribution in [3.8, 4) is 5.75 Å². The first kappa shape index (κ1) is 10.9. The minimum atomic E-state index is -4.33. The minimum absolute atomic E-state index is 0.522. The van der Waals surface area contributed by atoms with Crippen LogP contribution in [0.1, 0.15) is 5.69 Å². The highest BCUT2D eigenvalue weighted by Gasteiger charge is 2.34. The van der Waals surface area contributed by atoms with E-state index >= 15 is 0 Å². The van der Waals surface area contributed by atoms with Gasteiger partial charge >= 0.3 is 6.18 Å². The summed E-state index contributed by atoms with van der Waals surface area (Å²) in [4.78, 5) is 0. The SMILES string of the molecule is COc1ccc2c(c1)cc(C(F)(F)F)n2C. The zero-order valence-corrected chi connectivity index (χ0v) is 8.80. The van der Waals surface area contributed by atoms with Crippen LogP contribution < -0.4 is 4.74 Å². The first-order valence-electron chi connectivity index (χ1n) is 4.64. The first-order valence-corrected chi connectivity index (χ1v) is 4.64. The third-order valence-electron chi connectivity index (χ3n) is 2.54. The Morgan fingerprint density at radius 3 is 2.44 bits per heavy atom. The zero-order valence-electron chi connectivity index (χ0n) is 8.80. The number of alkyl halides is 3. The predicted octanol–water partition coefficient (Wildman–Crippen LogP) is 3.21. The number of methoxy groups -OCH3 is 1. The summed E-state index contributed by atoms with van der Waals surface area (Å²) < 4.78 is 44.0. The van der Waals surface area contributed by atoms with Crippen molar-refractivity contribution >= 4 is 10.9 Å². The molecular formula is C11H10F3NO. The fourth-order valence-electron chi connectivity index (χ4n) is 1.73. The molecule has 0 aliphatic heterocycles. The maximum Gasteiger partial charge on any atom is 0.431 e. The molecule has 0 saturated heterocycles. The molecule has 86 valence electrons. The molecule has 0 saturated carbocycles. The van der Waals surface area contributed by atoms with Crippen LogP contribution in [0.4, 0.5) is 13.2 Å². The van der Waals surface area contributed by atoms with Crippen molar-refractivity contribution < 1.29 is 17.9 Å². The molecule has 1 heterocycles. The molecule has 16 heavy (non-hydrogen) atoms. The van der Waals surface area contributed by atoms with E-state index in [0.717, 1.165) is 10.6 Å². The Labute approximate surface area is 90.2 Å². The van der Waals surface area contributed by atoms with E-state index in [-0.39, 0.29) is 0 Å². The molecule has 0 aliphatic carbocycles. The number of rotatable bonds is 1. The maximum atomic E-state index is 12.6. The molecule has 0 unspecified atom stereocenters. The van der Waals surface area contributed by atoms with Crippen LogP contribution in [0.2, 0.25) is 0 Å². The highest BCUT2D eigenvalue weighted by atomic mass is 19.4. The van der Waals surface area contributed by atoms with Crippen LogP contribution in [-0.4, -0.2) is 11.7 Å². The molecule has 1 aromatic heterocycles. The molecule has 0 atom stereocenters. The van der Waals surface area contributed by atoms with Crippen LogP contribution >= 0.6 is 0 Å². The largest absolute Gasteiger partial charge is 0.497 e. The minimum Gasteiger partial charge on any atom is -0.497 e. The summed E-state index contributed by atoms with van der Waals surface area (Å²) >= 11 is 0. The van der Waals surface area contributed by atoms with E-state index in [1.807, 2.05) is 0 Å². The summed E-state index contributed by atoms with van der Waals surface area (Å²) in [5.74, 6) is 0.548. The highest BCUT2D eigenvalue weighted by molar-refractivity contribution is 5.83. The second-order valence-electron chi connectivity index (χ2n) is 3.51. The summed E-state index contributed by atoms with van der Waals surface area (Å²) in [6.07, 6.45) is -4.33. The number of fused-ring (bicyclic) bond motifs is 1. The molecule has 2 nitrogen and oxygen atoms in total. The van der Waals surface area contributed by atoms with Gasteiger partial charge in [0.05, 0.1) is 7.11 Å². The van der Waals surface area contributed by atoms with Gasteiger partial charge in [0.15, 0.2) is 0 Å². The second kappa shape index (κ2) is 3.43. The third-order valence-corrected chi connectivity index (χ3v) is 2.54. The van der Waals surface area contributed by atoms with E-state index in [9.17, 15) is 13.2 Å². The number of hydrogen-bond donors (Lipinski definition) is 0. The maximum absolute atomic E-state index is 12.6. The summed E-state index contributed by atoms with van der Waals surface area (Å²) in [5, 5.41) is 0.522. The standard InChI is InChI=1S/C11H10F3NO/c1-15-9-4-3-8(16-2)5-7(9)6-10(15)11(12,13)14/h3-6H,1-2H3. The molecule has 2 aromatic rings. The smallest absolute Gasteiger partial charge is 0.431 e. The summed E-state index contributed by atoms with van der Waals surface area (Å²) in [6.45, 7) is 0. The van der Waals surface area contributed by atoms with Crippen molar-refractivity contribution in [3.63, 3.8) is 0 Å². The van der Waals surface area contributed by atoms with Gasteiger partial charge < -0.3 is 9.30 Å². The number of hydrogen-bond acceptors (Lipinski definition) is 1. The van der Waals surface area contributed by atoms with Crippen molar-refractivity contribution in [3.05, 3.63) is 30.0 Å². The number of nitrogens with zero attached hydrogens (tertiary/aromatic N) is 1. The molecule has 0 spiro atoms. The Balaban J connectivity index is 2.68. The second-order valence-corrected chi connectivity index (χ2v) is 3.51. The molecule has 0 fully saturated rings. The average Bonchev–Trinajstić information content (AvgIpc) is 2.55. The summed E-state index contributed by atoms with van der Waals surface area (Å²) in [7, 11) is 2.88. The van der Waals surface area contributed by atoms with E-state index < -0.39 is 11.9 Å². The van der Waals surface area contributed by atoms with Gasteiger partial charge in [-0.1, -0.05) is 0 Å². The fraction of sp³-hybridized carbons (Fsp3) is 0.273. The van der Waals surface area contributed by atoms with Crippen molar-refractivity contribution in [2.75, 3.05) is 7.11 Å². The van der Waals surface area contributed by atoms with Crippen molar-refractivity contribution in [1.82, 2.24) is 4.57 Å². The summed E-state index contributed by atoms with van der Waals surface area (Å²) in [5.41, 5.74) is -0.121. The van der Waals surface area contributed by atoms with E-state index in [1.54, 1.807) is 18.2 Å². The number of halogens is 3. The monoisotopic (exact) mass is 229 g/mol. The van der Waals surface area contributed by atoms with E-state index in [4.69, 9.17) is 4.74 Å².